The van der Waals surface area contributed by atoms with E-state index >= 15 is 0 Å². The van der Waals surface area contributed by atoms with Gasteiger partial charge in [-0.1, -0.05) is 37.5 Å². The smallest absolute Gasteiger partial charge is 0.338 e. The van der Waals surface area contributed by atoms with Crippen LogP contribution in [0.5, 0.6) is 5.75 Å². The minimum absolute atomic E-state index is 0.0909. The molecular weight excluding hydrogens is 354 g/mol. The van der Waals surface area contributed by atoms with Crippen molar-refractivity contribution in [2.24, 2.45) is 0 Å². The Hall–Kier alpha value is -2.82. The minimum Gasteiger partial charge on any atom is -0.484 e. The van der Waals surface area contributed by atoms with Crippen LogP contribution in [0.3, 0.4) is 0 Å². The molecule has 0 bridgehead atoms. The summed E-state index contributed by atoms with van der Waals surface area (Å²) in [5, 5.41) is 2.74. The third kappa shape index (κ3) is 5.59. The molecule has 0 atom stereocenters. The standard InChI is InChI=1S/C23H27NO4/c1-2-27-23(26)19-9-6-10-20(15-19)24-22(25)16-28-21-13-11-18(12-14-21)17-7-4-3-5-8-17/h6,9-15,17H,2-5,7-8,16H2,1H3,(H,24,25). The predicted molar refractivity (Wildman–Crippen MR) is 109 cm³/mol. The lowest BCUT2D eigenvalue weighted by molar-refractivity contribution is -0.118. The summed E-state index contributed by atoms with van der Waals surface area (Å²) < 4.78 is 10.6. The van der Waals surface area contributed by atoms with E-state index in [2.05, 4.69) is 17.4 Å². The van der Waals surface area contributed by atoms with E-state index in [1.807, 2.05) is 12.1 Å². The molecule has 1 aliphatic carbocycles. The molecule has 2 aromatic rings. The molecule has 3 rings (SSSR count). The van der Waals surface area contributed by atoms with E-state index in [0.29, 0.717) is 29.5 Å². The second kappa shape index (κ2) is 9.93. The summed E-state index contributed by atoms with van der Waals surface area (Å²) >= 11 is 0. The fraction of sp³-hybridized carbons (Fsp3) is 0.391. The highest BCUT2D eigenvalue weighted by Gasteiger charge is 2.15. The second-order valence-electron chi connectivity index (χ2n) is 7.04. The summed E-state index contributed by atoms with van der Waals surface area (Å²) in [4.78, 5) is 23.9. The van der Waals surface area contributed by atoms with Gasteiger partial charge in [-0.3, -0.25) is 4.79 Å². The van der Waals surface area contributed by atoms with Crippen molar-refractivity contribution in [3.63, 3.8) is 0 Å². The zero-order valence-corrected chi connectivity index (χ0v) is 16.3. The maximum Gasteiger partial charge on any atom is 0.338 e. The highest BCUT2D eigenvalue weighted by atomic mass is 16.5. The fourth-order valence-electron chi connectivity index (χ4n) is 3.56. The molecule has 0 spiro atoms. The number of carbonyl (C=O) groups is 2. The highest BCUT2D eigenvalue weighted by molar-refractivity contribution is 5.95. The van der Waals surface area contributed by atoms with Gasteiger partial charge in [0.05, 0.1) is 12.2 Å². The van der Waals surface area contributed by atoms with Crippen molar-refractivity contribution >= 4 is 17.6 Å². The molecular formula is C23H27NO4. The molecule has 1 saturated carbocycles. The lowest BCUT2D eigenvalue weighted by Crippen LogP contribution is -2.20. The Morgan fingerprint density at radius 2 is 1.79 bits per heavy atom. The fourth-order valence-corrected chi connectivity index (χ4v) is 3.56. The van der Waals surface area contributed by atoms with Crippen molar-refractivity contribution in [1.29, 1.82) is 0 Å². The van der Waals surface area contributed by atoms with E-state index in [4.69, 9.17) is 9.47 Å². The Labute approximate surface area is 166 Å². The molecule has 28 heavy (non-hydrogen) atoms. The molecule has 5 heteroatoms. The lowest BCUT2D eigenvalue weighted by atomic mass is 9.84. The van der Waals surface area contributed by atoms with Crippen molar-refractivity contribution < 1.29 is 19.1 Å². The Morgan fingerprint density at radius 3 is 2.50 bits per heavy atom. The molecule has 1 amide bonds. The van der Waals surface area contributed by atoms with Crippen molar-refractivity contribution in [1.82, 2.24) is 0 Å². The molecule has 2 aromatic carbocycles. The third-order valence-electron chi connectivity index (χ3n) is 4.98. The van der Waals surface area contributed by atoms with Gasteiger partial charge in [-0.2, -0.15) is 0 Å². The number of rotatable bonds is 7. The Bertz CT molecular complexity index is 795. The molecule has 0 radical (unpaired) electrons. The van der Waals surface area contributed by atoms with Gasteiger partial charge in [0, 0.05) is 5.69 Å². The molecule has 1 fully saturated rings. The van der Waals surface area contributed by atoms with E-state index in [1.165, 1.54) is 37.7 Å². The lowest BCUT2D eigenvalue weighted by Gasteiger charge is -2.22. The minimum atomic E-state index is -0.409. The van der Waals surface area contributed by atoms with Gasteiger partial charge >= 0.3 is 5.97 Å². The number of hydrogen-bond donors (Lipinski definition) is 1. The van der Waals surface area contributed by atoms with Crippen LogP contribution in [0.25, 0.3) is 0 Å². The maximum absolute atomic E-state index is 12.2. The second-order valence-corrected chi connectivity index (χ2v) is 7.04. The first-order valence-corrected chi connectivity index (χ1v) is 9.95. The number of benzene rings is 2. The van der Waals surface area contributed by atoms with Crippen LogP contribution >= 0.6 is 0 Å². The summed E-state index contributed by atoms with van der Waals surface area (Å²) in [7, 11) is 0. The first-order valence-electron chi connectivity index (χ1n) is 9.95. The zero-order valence-electron chi connectivity index (χ0n) is 16.3. The summed E-state index contributed by atoms with van der Waals surface area (Å²) in [5.41, 5.74) is 2.29. The quantitative estimate of drug-likeness (QED) is 0.691. The molecule has 1 N–H and O–H groups in total. The van der Waals surface area contributed by atoms with E-state index < -0.39 is 5.97 Å². The van der Waals surface area contributed by atoms with E-state index in [-0.39, 0.29) is 12.5 Å². The average Bonchev–Trinajstić information content (AvgIpc) is 2.74. The van der Waals surface area contributed by atoms with Crippen LogP contribution in [-0.4, -0.2) is 25.1 Å². The normalized spacial score (nSPS) is 14.3. The van der Waals surface area contributed by atoms with Gasteiger partial charge in [0.25, 0.3) is 5.91 Å². The predicted octanol–water partition coefficient (Wildman–Crippen LogP) is 4.93. The number of amides is 1. The first-order chi connectivity index (χ1) is 13.7. The van der Waals surface area contributed by atoms with Crippen molar-refractivity contribution in [2.45, 2.75) is 44.9 Å². The SMILES string of the molecule is CCOC(=O)c1cccc(NC(=O)COc2ccc(C3CCCCC3)cc2)c1. The van der Waals surface area contributed by atoms with E-state index in [0.717, 1.165) is 0 Å². The van der Waals surface area contributed by atoms with E-state index in [9.17, 15) is 9.59 Å². The van der Waals surface area contributed by atoms with Gasteiger partial charge < -0.3 is 14.8 Å². The summed E-state index contributed by atoms with van der Waals surface area (Å²) in [5.74, 6) is 0.637. The number of nitrogens with one attached hydrogen (secondary N) is 1. The van der Waals surface area contributed by atoms with Gasteiger partial charge in [0.1, 0.15) is 5.75 Å². The van der Waals surface area contributed by atoms with Gasteiger partial charge in [0.15, 0.2) is 6.61 Å². The van der Waals surface area contributed by atoms with Crippen molar-refractivity contribution in [2.75, 3.05) is 18.5 Å². The zero-order chi connectivity index (χ0) is 19.8. The van der Waals surface area contributed by atoms with Gasteiger partial charge in [-0.25, -0.2) is 4.79 Å². The first kappa shape index (κ1) is 19.9. The number of carbonyl (C=O) groups excluding carboxylic acids is 2. The molecule has 0 aliphatic heterocycles. The highest BCUT2D eigenvalue weighted by Crippen LogP contribution is 2.33. The van der Waals surface area contributed by atoms with Crippen LogP contribution in [0.1, 0.15) is 60.9 Å². The summed E-state index contributed by atoms with van der Waals surface area (Å²) in [6, 6.07) is 14.7. The van der Waals surface area contributed by atoms with Crippen LogP contribution in [0, 0.1) is 0 Å². The van der Waals surface area contributed by atoms with Crippen LogP contribution in [-0.2, 0) is 9.53 Å². The number of anilines is 1. The maximum atomic E-state index is 12.2. The van der Waals surface area contributed by atoms with Crippen LogP contribution in [0.2, 0.25) is 0 Å². The third-order valence-corrected chi connectivity index (χ3v) is 4.98. The van der Waals surface area contributed by atoms with Gasteiger partial charge in [-0.15, -0.1) is 0 Å². The number of esters is 1. The summed E-state index contributed by atoms with van der Waals surface area (Å²) in [6.45, 7) is 1.97. The van der Waals surface area contributed by atoms with Crippen LogP contribution < -0.4 is 10.1 Å². The molecule has 148 valence electrons. The van der Waals surface area contributed by atoms with Crippen molar-refractivity contribution in [3.05, 3.63) is 59.7 Å². The molecule has 0 saturated heterocycles. The van der Waals surface area contributed by atoms with Gasteiger partial charge in [0.2, 0.25) is 0 Å². The van der Waals surface area contributed by atoms with Crippen LogP contribution in [0.15, 0.2) is 48.5 Å². The van der Waals surface area contributed by atoms with Crippen LogP contribution in [0.4, 0.5) is 5.69 Å². The Balaban J connectivity index is 1.50. The number of ether oxygens (including phenoxy) is 2. The molecule has 1 aliphatic rings. The average molecular weight is 381 g/mol. The molecule has 5 nitrogen and oxygen atoms in total. The Morgan fingerprint density at radius 1 is 1.04 bits per heavy atom. The molecule has 0 aromatic heterocycles. The van der Waals surface area contributed by atoms with E-state index in [1.54, 1.807) is 31.2 Å². The molecule has 0 unspecified atom stereocenters. The largest absolute Gasteiger partial charge is 0.484 e. The topological polar surface area (TPSA) is 64.6 Å². The Kier molecular flexibility index (Phi) is 7.06. The number of hydrogen-bond acceptors (Lipinski definition) is 4. The van der Waals surface area contributed by atoms with Crippen molar-refractivity contribution in [3.8, 4) is 5.75 Å². The monoisotopic (exact) mass is 381 g/mol. The van der Waals surface area contributed by atoms with Gasteiger partial charge in [-0.05, 0) is 61.6 Å². The summed E-state index contributed by atoms with van der Waals surface area (Å²) in [6.07, 6.45) is 6.47. The molecule has 0 heterocycles.